The van der Waals surface area contributed by atoms with Crippen molar-refractivity contribution < 1.29 is 17.6 Å². The first-order valence-corrected chi connectivity index (χ1v) is 14.8. The van der Waals surface area contributed by atoms with Gasteiger partial charge in [0.2, 0.25) is 15.9 Å². The Morgan fingerprint density at radius 1 is 1.09 bits per heavy atom. The zero-order valence-electron chi connectivity index (χ0n) is 19.5. The Kier molecular flexibility index (Phi) is 8.93. The first kappa shape index (κ1) is 25.6. The van der Waals surface area contributed by atoms with Gasteiger partial charge in [-0.15, -0.1) is 11.6 Å². The molecule has 3 heterocycles. The number of hydrogen-bond acceptors (Lipinski definition) is 5. The molecular weight excluding hydrogens is 467 g/mol. The van der Waals surface area contributed by atoms with Gasteiger partial charge in [0.1, 0.15) is 6.17 Å². The average Bonchev–Trinajstić information content (AvgIpc) is 3.25. The molecule has 6 atom stereocenters. The number of alkyl halides is 2. The van der Waals surface area contributed by atoms with Crippen LogP contribution >= 0.6 is 11.6 Å². The Morgan fingerprint density at radius 2 is 1.88 bits per heavy atom. The third-order valence-corrected chi connectivity index (χ3v) is 11.0. The van der Waals surface area contributed by atoms with Crippen LogP contribution in [-0.2, 0) is 14.8 Å². The maximum Gasteiger partial charge on any atom is 0.237 e. The van der Waals surface area contributed by atoms with Gasteiger partial charge in [-0.3, -0.25) is 4.79 Å². The van der Waals surface area contributed by atoms with Gasteiger partial charge in [-0.1, -0.05) is 12.8 Å². The third-order valence-electron chi connectivity index (χ3n) is 8.22. The highest BCUT2D eigenvalue weighted by Gasteiger charge is 2.40. The van der Waals surface area contributed by atoms with Gasteiger partial charge in [0.25, 0.3) is 0 Å². The second-order valence-electron chi connectivity index (χ2n) is 10.5. The molecule has 3 saturated heterocycles. The minimum Gasteiger partial charge on any atom is -0.355 e. The number of piperidine rings is 2. The molecule has 4 rings (SSSR count). The van der Waals surface area contributed by atoms with Crippen LogP contribution in [0.25, 0.3) is 0 Å². The fraction of sp³-hybridized carbons (Fsp3) is 0.957. The largest absolute Gasteiger partial charge is 0.355 e. The molecule has 10 heteroatoms. The maximum atomic E-state index is 13.6. The number of carbonyl (C=O) groups is 1. The number of amides is 1. The Labute approximate surface area is 203 Å². The lowest BCUT2D eigenvalue weighted by atomic mass is 9.92. The number of nitrogens with zero attached hydrogens (tertiary/aromatic N) is 1. The zero-order chi connectivity index (χ0) is 23.4. The lowest BCUT2D eigenvalue weighted by Crippen LogP contribution is -2.46. The van der Waals surface area contributed by atoms with Crippen LogP contribution in [0.3, 0.4) is 0 Å². The number of nitrogens with one attached hydrogen (secondary N) is 3. The Bertz CT molecular complexity index is 751. The molecule has 3 N–H and O–H groups in total. The molecule has 0 spiro atoms. The van der Waals surface area contributed by atoms with Gasteiger partial charge in [-0.05, 0) is 76.3 Å². The Morgan fingerprint density at radius 3 is 2.61 bits per heavy atom. The number of sulfonamides is 1. The van der Waals surface area contributed by atoms with Crippen LogP contribution in [0.5, 0.6) is 0 Å². The molecule has 0 aromatic carbocycles. The van der Waals surface area contributed by atoms with Crippen molar-refractivity contribution in [1.82, 2.24) is 20.3 Å². The molecule has 7 nitrogen and oxygen atoms in total. The SMILES string of the molecule is O=C(NCCCCC1CCN(S(=O)(=O)C2CCC(F)C(Cl)C2)CC1)C1CC2CNCCC2N1. The van der Waals surface area contributed by atoms with E-state index in [1.165, 1.54) is 0 Å². The lowest BCUT2D eigenvalue weighted by molar-refractivity contribution is -0.122. The van der Waals surface area contributed by atoms with Crippen LogP contribution in [0.4, 0.5) is 4.39 Å². The molecule has 0 aromatic rings. The van der Waals surface area contributed by atoms with Crippen LogP contribution in [0.2, 0.25) is 0 Å². The molecular formula is C23H40ClFN4O3S. The third kappa shape index (κ3) is 6.40. The average molecular weight is 507 g/mol. The van der Waals surface area contributed by atoms with E-state index in [0.717, 1.165) is 58.0 Å². The number of unbranched alkanes of at least 4 members (excludes halogenated alkanes) is 1. The van der Waals surface area contributed by atoms with Crippen LogP contribution in [0.1, 0.15) is 64.2 Å². The molecule has 0 aromatic heterocycles. The first-order chi connectivity index (χ1) is 15.8. The Hall–Kier alpha value is -0.480. The molecule has 1 aliphatic carbocycles. The van der Waals surface area contributed by atoms with Gasteiger partial charge in [0, 0.05) is 25.7 Å². The standard InChI is InChI=1S/C23H40ClFN4O3S/c24-19-14-18(4-5-20(19)25)33(31,32)29-11-7-16(8-12-29)3-1-2-9-27-23(30)22-13-17-15-26-10-6-21(17)28-22/h16-22,26,28H,1-15H2,(H,27,30). The van der Waals surface area contributed by atoms with Gasteiger partial charge in [0.15, 0.2) is 0 Å². The van der Waals surface area contributed by atoms with Crippen molar-refractivity contribution in [2.75, 3.05) is 32.7 Å². The van der Waals surface area contributed by atoms with Crippen molar-refractivity contribution in [3.63, 3.8) is 0 Å². The smallest absolute Gasteiger partial charge is 0.237 e. The van der Waals surface area contributed by atoms with E-state index in [1.807, 2.05) is 0 Å². The number of fused-ring (bicyclic) bond motifs is 1. The van der Waals surface area contributed by atoms with E-state index in [0.29, 0.717) is 43.9 Å². The minimum atomic E-state index is -3.39. The summed E-state index contributed by atoms with van der Waals surface area (Å²) in [6.45, 7) is 3.84. The second-order valence-corrected chi connectivity index (χ2v) is 13.2. The van der Waals surface area contributed by atoms with Crippen LogP contribution < -0.4 is 16.0 Å². The van der Waals surface area contributed by atoms with Gasteiger partial charge in [-0.25, -0.2) is 17.1 Å². The molecule has 4 aliphatic rings. The molecule has 4 fully saturated rings. The lowest BCUT2D eigenvalue weighted by Gasteiger charge is -2.36. The normalized spacial score (nSPS) is 36.4. The highest BCUT2D eigenvalue weighted by molar-refractivity contribution is 7.89. The zero-order valence-corrected chi connectivity index (χ0v) is 21.1. The van der Waals surface area contributed by atoms with E-state index < -0.39 is 26.8 Å². The van der Waals surface area contributed by atoms with Crippen molar-refractivity contribution in [2.24, 2.45) is 11.8 Å². The predicted octanol–water partition coefficient (Wildman–Crippen LogP) is 2.15. The van der Waals surface area contributed by atoms with Crippen molar-refractivity contribution in [1.29, 1.82) is 0 Å². The number of hydrogen-bond donors (Lipinski definition) is 3. The van der Waals surface area contributed by atoms with Gasteiger partial charge < -0.3 is 16.0 Å². The maximum absolute atomic E-state index is 13.6. The fourth-order valence-electron chi connectivity index (χ4n) is 6.07. The first-order valence-electron chi connectivity index (χ1n) is 12.9. The summed E-state index contributed by atoms with van der Waals surface area (Å²) < 4.78 is 41.1. The van der Waals surface area contributed by atoms with Crippen molar-refractivity contribution in [3.05, 3.63) is 0 Å². The summed E-state index contributed by atoms with van der Waals surface area (Å²) in [6, 6.07) is 0.423. The molecule has 190 valence electrons. The summed E-state index contributed by atoms with van der Waals surface area (Å²) >= 11 is 6.01. The van der Waals surface area contributed by atoms with Crippen molar-refractivity contribution in [2.45, 2.75) is 93.1 Å². The van der Waals surface area contributed by atoms with E-state index >= 15 is 0 Å². The van der Waals surface area contributed by atoms with E-state index in [1.54, 1.807) is 4.31 Å². The van der Waals surface area contributed by atoms with E-state index in [9.17, 15) is 17.6 Å². The highest BCUT2D eigenvalue weighted by Crippen LogP contribution is 2.33. The summed E-state index contributed by atoms with van der Waals surface area (Å²) in [5.41, 5.74) is 0. The second kappa shape index (κ2) is 11.5. The molecule has 3 aliphatic heterocycles. The predicted molar refractivity (Wildman–Crippen MR) is 129 cm³/mol. The van der Waals surface area contributed by atoms with E-state index in [-0.39, 0.29) is 24.8 Å². The van der Waals surface area contributed by atoms with Gasteiger partial charge in [0.05, 0.1) is 16.7 Å². The monoisotopic (exact) mass is 506 g/mol. The Balaban J connectivity index is 1.09. The molecule has 0 bridgehead atoms. The van der Waals surface area contributed by atoms with Gasteiger partial charge in [-0.2, -0.15) is 0 Å². The van der Waals surface area contributed by atoms with Crippen molar-refractivity contribution >= 4 is 27.5 Å². The molecule has 33 heavy (non-hydrogen) atoms. The quantitative estimate of drug-likeness (QED) is 0.346. The summed E-state index contributed by atoms with van der Waals surface area (Å²) in [4.78, 5) is 12.5. The number of carbonyl (C=O) groups excluding carboxylic acids is 1. The van der Waals surface area contributed by atoms with Crippen molar-refractivity contribution in [3.8, 4) is 0 Å². The summed E-state index contributed by atoms with van der Waals surface area (Å²) in [6.07, 6.45) is 6.55. The minimum absolute atomic E-state index is 0.0554. The summed E-state index contributed by atoms with van der Waals surface area (Å²) in [7, 11) is -3.39. The van der Waals surface area contributed by atoms with Crippen LogP contribution in [0, 0.1) is 11.8 Å². The molecule has 1 amide bonds. The van der Waals surface area contributed by atoms with Crippen LogP contribution in [0.15, 0.2) is 0 Å². The molecule has 0 radical (unpaired) electrons. The van der Waals surface area contributed by atoms with Crippen LogP contribution in [-0.4, -0.2) is 80.2 Å². The number of rotatable bonds is 8. The summed E-state index contributed by atoms with van der Waals surface area (Å²) in [5, 5.41) is 8.77. The van der Waals surface area contributed by atoms with Gasteiger partial charge >= 0.3 is 0 Å². The topological polar surface area (TPSA) is 90.5 Å². The highest BCUT2D eigenvalue weighted by atomic mass is 35.5. The molecule has 1 saturated carbocycles. The number of halogens is 2. The molecule has 6 unspecified atom stereocenters. The van der Waals surface area contributed by atoms with E-state index in [2.05, 4.69) is 16.0 Å². The van der Waals surface area contributed by atoms with E-state index in [4.69, 9.17) is 11.6 Å². The summed E-state index contributed by atoms with van der Waals surface area (Å²) in [5.74, 6) is 1.23. The fourth-order valence-corrected chi connectivity index (χ4v) is 8.54.